The van der Waals surface area contributed by atoms with Gasteiger partial charge < -0.3 is 15.2 Å². The van der Waals surface area contributed by atoms with E-state index in [1.807, 2.05) is 50.2 Å². The first kappa shape index (κ1) is 19.7. The maximum Gasteiger partial charge on any atom is 0.251 e. The number of H-pyrrole nitrogens is 1. The lowest BCUT2D eigenvalue weighted by Crippen LogP contribution is -2.12. The van der Waals surface area contributed by atoms with Gasteiger partial charge in [0.05, 0.1) is 0 Å². The lowest BCUT2D eigenvalue weighted by molar-refractivity contribution is 0.392. The van der Waals surface area contributed by atoms with Crippen LogP contribution in [-0.2, 0) is 19.5 Å². The standard InChI is InChI=1S/C21H24FN5O/c1-4-17-10-20(28)26-21(25-17)15-7-8-19(24-12-15)23-11-14-5-6-16(13-27(2)3)18(22)9-14/h5-10,12H,4,11,13H2,1-3H3,(H,23,24)(H,25,26,28). The van der Waals surface area contributed by atoms with E-state index in [9.17, 15) is 9.18 Å². The Morgan fingerprint density at radius 3 is 2.64 bits per heavy atom. The normalized spacial score (nSPS) is 11.0. The molecule has 0 spiro atoms. The van der Waals surface area contributed by atoms with Crippen LogP contribution in [0, 0.1) is 5.82 Å². The minimum Gasteiger partial charge on any atom is -0.366 e. The summed E-state index contributed by atoms with van der Waals surface area (Å²) in [5.74, 6) is 0.958. The zero-order chi connectivity index (χ0) is 20.1. The summed E-state index contributed by atoms with van der Waals surface area (Å²) < 4.78 is 14.2. The summed E-state index contributed by atoms with van der Waals surface area (Å²) in [7, 11) is 3.82. The van der Waals surface area contributed by atoms with Gasteiger partial charge in [-0.1, -0.05) is 19.1 Å². The molecule has 3 rings (SSSR count). The molecule has 6 nitrogen and oxygen atoms in total. The first-order valence-corrected chi connectivity index (χ1v) is 9.17. The van der Waals surface area contributed by atoms with Crippen molar-refractivity contribution in [3.05, 3.63) is 75.6 Å². The van der Waals surface area contributed by atoms with Gasteiger partial charge in [0.1, 0.15) is 17.5 Å². The number of benzene rings is 1. The molecule has 0 aliphatic carbocycles. The predicted molar refractivity (Wildman–Crippen MR) is 109 cm³/mol. The van der Waals surface area contributed by atoms with Crippen LogP contribution in [0.2, 0.25) is 0 Å². The second-order valence-corrected chi connectivity index (χ2v) is 6.89. The van der Waals surface area contributed by atoms with E-state index in [2.05, 4.69) is 20.3 Å². The van der Waals surface area contributed by atoms with E-state index in [0.29, 0.717) is 36.7 Å². The van der Waals surface area contributed by atoms with Crippen LogP contribution < -0.4 is 10.9 Å². The number of pyridine rings is 1. The molecule has 0 amide bonds. The molecule has 0 atom stereocenters. The van der Waals surface area contributed by atoms with Crippen LogP contribution >= 0.6 is 0 Å². The van der Waals surface area contributed by atoms with Gasteiger partial charge in [-0.3, -0.25) is 4.79 Å². The van der Waals surface area contributed by atoms with Crippen molar-refractivity contribution < 1.29 is 4.39 Å². The van der Waals surface area contributed by atoms with Crippen LogP contribution in [0.3, 0.4) is 0 Å². The maximum atomic E-state index is 14.2. The van der Waals surface area contributed by atoms with E-state index in [4.69, 9.17) is 0 Å². The van der Waals surface area contributed by atoms with Gasteiger partial charge in [-0.05, 0) is 44.3 Å². The van der Waals surface area contributed by atoms with Crippen LogP contribution in [0.5, 0.6) is 0 Å². The SMILES string of the molecule is CCc1cc(=O)[nH]c(-c2ccc(NCc3ccc(CN(C)C)c(F)c3)nc2)n1. The molecular weight excluding hydrogens is 357 g/mol. The van der Waals surface area contributed by atoms with Crippen LogP contribution in [0.4, 0.5) is 10.2 Å². The lowest BCUT2D eigenvalue weighted by atomic mass is 10.1. The Hall–Kier alpha value is -3.06. The third kappa shape index (κ3) is 5.01. The van der Waals surface area contributed by atoms with Gasteiger partial charge in [-0.25, -0.2) is 14.4 Å². The highest BCUT2D eigenvalue weighted by atomic mass is 19.1. The fourth-order valence-electron chi connectivity index (χ4n) is 2.83. The van der Waals surface area contributed by atoms with Crippen molar-refractivity contribution in [2.45, 2.75) is 26.4 Å². The fourth-order valence-corrected chi connectivity index (χ4v) is 2.83. The number of rotatable bonds is 7. The monoisotopic (exact) mass is 381 g/mol. The van der Waals surface area contributed by atoms with Crippen LogP contribution in [-0.4, -0.2) is 33.9 Å². The summed E-state index contributed by atoms with van der Waals surface area (Å²) in [4.78, 5) is 25.2. The zero-order valence-electron chi connectivity index (χ0n) is 16.3. The number of aromatic nitrogens is 3. The van der Waals surface area contributed by atoms with Crippen LogP contribution in [0.15, 0.2) is 47.4 Å². The van der Waals surface area contributed by atoms with Crippen LogP contribution in [0.1, 0.15) is 23.7 Å². The molecule has 146 valence electrons. The molecule has 2 heterocycles. The van der Waals surface area contributed by atoms with Crippen molar-refractivity contribution >= 4 is 5.82 Å². The van der Waals surface area contributed by atoms with Gasteiger partial charge in [0.25, 0.3) is 5.56 Å². The summed E-state index contributed by atoms with van der Waals surface area (Å²) in [5.41, 5.74) is 2.81. The quantitative estimate of drug-likeness (QED) is 0.657. The molecule has 28 heavy (non-hydrogen) atoms. The predicted octanol–water partition coefficient (Wildman–Crippen LogP) is 3.21. The Morgan fingerprint density at radius 1 is 1.18 bits per heavy atom. The number of halogens is 1. The number of nitrogens with one attached hydrogen (secondary N) is 2. The number of hydrogen-bond donors (Lipinski definition) is 2. The Labute approximate surface area is 163 Å². The Morgan fingerprint density at radius 2 is 2.00 bits per heavy atom. The van der Waals surface area contributed by atoms with Gasteiger partial charge in [0.15, 0.2) is 0 Å². The zero-order valence-corrected chi connectivity index (χ0v) is 16.3. The fraction of sp³-hybridized carbons (Fsp3) is 0.286. The molecular formula is C21H24FN5O. The summed E-state index contributed by atoms with van der Waals surface area (Å²) >= 11 is 0. The van der Waals surface area contributed by atoms with Gasteiger partial charge in [-0.2, -0.15) is 0 Å². The highest BCUT2D eigenvalue weighted by Crippen LogP contribution is 2.17. The van der Waals surface area contributed by atoms with Gasteiger partial charge in [0, 0.05) is 42.2 Å². The lowest BCUT2D eigenvalue weighted by Gasteiger charge is -2.12. The molecule has 3 aromatic rings. The average molecular weight is 381 g/mol. The van der Waals surface area contributed by atoms with E-state index >= 15 is 0 Å². The molecule has 2 N–H and O–H groups in total. The topological polar surface area (TPSA) is 73.9 Å². The molecule has 0 radical (unpaired) electrons. The Kier molecular flexibility index (Phi) is 6.16. The van der Waals surface area contributed by atoms with Gasteiger partial charge in [0.2, 0.25) is 0 Å². The van der Waals surface area contributed by atoms with Crippen molar-refractivity contribution in [2.75, 3.05) is 19.4 Å². The first-order valence-electron chi connectivity index (χ1n) is 9.17. The minimum atomic E-state index is -0.206. The summed E-state index contributed by atoms with van der Waals surface area (Å²) in [6, 6.07) is 10.4. The van der Waals surface area contributed by atoms with E-state index in [-0.39, 0.29) is 11.4 Å². The van der Waals surface area contributed by atoms with E-state index in [1.54, 1.807) is 12.3 Å². The summed E-state index contributed by atoms with van der Waals surface area (Å²) in [5, 5.41) is 3.18. The summed E-state index contributed by atoms with van der Waals surface area (Å²) in [6.07, 6.45) is 2.34. The smallest absolute Gasteiger partial charge is 0.251 e. The number of aryl methyl sites for hydroxylation is 1. The third-order valence-corrected chi connectivity index (χ3v) is 4.27. The van der Waals surface area contributed by atoms with E-state index in [1.165, 1.54) is 6.07 Å². The average Bonchev–Trinajstić information content (AvgIpc) is 2.68. The molecule has 0 unspecified atom stereocenters. The van der Waals surface area contributed by atoms with Crippen molar-refractivity contribution in [3.63, 3.8) is 0 Å². The third-order valence-electron chi connectivity index (χ3n) is 4.27. The van der Waals surface area contributed by atoms with Crippen molar-refractivity contribution in [1.82, 2.24) is 19.9 Å². The Balaban J connectivity index is 1.67. The molecule has 7 heteroatoms. The van der Waals surface area contributed by atoms with Crippen molar-refractivity contribution in [1.29, 1.82) is 0 Å². The molecule has 2 aromatic heterocycles. The molecule has 0 aliphatic rings. The van der Waals surface area contributed by atoms with Crippen molar-refractivity contribution in [3.8, 4) is 11.4 Å². The van der Waals surface area contributed by atoms with E-state index < -0.39 is 0 Å². The highest BCUT2D eigenvalue weighted by Gasteiger charge is 2.07. The highest BCUT2D eigenvalue weighted by molar-refractivity contribution is 5.55. The van der Waals surface area contributed by atoms with Crippen LogP contribution in [0.25, 0.3) is 11.4 Å². The number of aromatic amines is 1. The minimum absolute atomic E-state index is 0.177. The molecule has 0 bridgehead atoms. The largest absolute Gasteiger partial charge is 0.366 e. The molecule has 0 saturated heterocycles. The van der Waals surface area contributed by atoms with Gasteiger partial charge in [-0.15, -0.1) is 0 Å². The molecule has 0 saturated carbocycles. The molecule has 0 aliphatic heterocycles. The second-order valence-electron chi connectivity index (χ2n) is 6.89. The van der Waals surface area contributed by atoms with E-state index in [0.717, 1.165) is 16.8 Å². The van der Waals surface area contributed by atoms with Gasteiger partial charge >= 0.3 is 0 Å². The Bertz CT molecular complexity index is 998. The molecule has 1 aromatic carbocycles. The number of hydrogen-bond acceptors (Lipinski definition) is 5. The summed E-state index contributed by atoms with van der Waals surface area (Å²) in [6.45, 7) is 2.98. The van der Waals surface area contributed by atoms with Crippen molar-refractivity contribution in [2.24, 2.45) is 0 Å². The first-order chi connectivity index (χ1) is 13.4. The second kappa shape index (κ2) is 8.75. The molecule has 0 fully saturated rings. The number of anilines is 1. The number of nitrogens with zero attached hydrogens (tertiary/aromatic N) is 3. The maximum absolute atomic E-state index is 14.2.